The molecular weight excluding hydrogens is 141 g/mol. The van der Waals surface area contributed by atoms with Crippen LogP contribution >= 0.6 is 7.60 Å². The van der Waals surface area contributed by atoms with E-state index < -0.39 is 19.5 Å². The third-order valence-corrected chi connectivity index (χ3v) is 0.797. The minimum Gasteiger partial charge on any atom is -0.321 e. The van der Waals surface area contributed by atoms with Gasteiger partial charge < -0.3 is 9.79 Å². The van der Waals surface area contributed by atoms with Gasteiger partial charge in [-0.15, -0.1) is 0 Å². The summed E-state index contributed by atoms with van der Waals surface area (Å²) >= 11 is 0. The van der Waals surface area contributed by atoms with E-state index >= 15 is 0 Å². The zero-order valence-corrected chi connectivity index (χ0v) is 4.48. The third-order valence-electron chi connectivity index (χ3n) is 0.266. The summed E-state index contributed by atoms with van der Waals surface area (Å²) in [6.45, 7) is 0. The molecule has 0 heterocycles. The van der Waals surface area contributed by atoms with Gasteiger partial charge in [-0.25, -0.2) is 0 Å². The fourth-order valence-electron chi connectivity index (χ4n) is 0.127. The van der Waals surface area contributed by atoms with E-state index in [1.54, 1.807) is 0 Å². The van der Waals surface area contributed by atoms with Crippen molar-refractivity contribution in [2.45, 2.75) is 0 Å². The molecule has 0 aliphatic rings. The molecule has 48 valence electrons. The van der Waals surface area contributed by atoms with Crippen LogP contribution in [0, 0.1) is 0 Å². The van der Waals surface area contributed by atoms with Gasteiger partial charge in [-0.2, -0.15) is 8.78 Å². The third kappa shape index (κ3) is 5.75. The van der Waals surface area contributed by atoms with E-state index in [4.69, 9.17) is 9.79 Å². The molecule has 0 spiro atoms. The van der Waals surface area contributed by atoms with Crippen LogP contribution < -0.4 is 0 Å². The van der Waals surface area contributed by atoms with Crippen molar-refractivity contribution >= 4 is 7.60 Å². The second-order valence-corrected chi connectivity index (χ2v) is 2.44. The van der Waals surface area contributed by atoms with E-state index in [1.165, 1.54) is 0 Å². The summed E-state index contributed by atoms with van der Waals surface area (Å²) in [5.74, 6) is -0.396. The molecule has 0 aromatic heterocycles. The summed E-state index contributed by atoms with van der Waals surface area (Å²) in [6.07, 6.45) is -2.36. The van der Waals surface area contributed by atoms with Gasteiger partial charge in [0.2, 0.25) is 0 Å². The highest BCUT2D eigenvalue weighted by atomic mass is 31.2. The smallest absolute Gasteiger partial charge is 0.321 e. The van der Waals surface area contributed by atoms with Gasteiger partial charge in [-0.05, 0) is 0 Å². The van der Waals surface area contributed by atoms with Crippen LogP contribution in [0.5, 0.6) is 0 Å². The Morgan fingerprint density at radius 2 is 1.88 bits per heavy atom. The van der Waals surface area contributed by atoms with Gasteiger partial charge in [0.1, 0.15) is 0 Å². The van der Waals surface area contributed by atoms with E-state index in [9.17, 15) is 13.3 Å². The van der Waals surface area contributed by atoms with Crippen molar-refractivity contribution in [2.75, 3.05) is 0 Å². The molecule has 0 aliphatic heterocycles. The first-order valence-electron chi connectivity index (χ1n) is 1.51. The first-order valence-corrected chi connectivity index (χ1v) is 3.19. The molecule has 0 saturated carbocycles. The molecule has 0 atom stereocenters. The topological polar surface area (TPSA) is 57.5 Å². The summed E-state index contributed by atoms with van der Waals surface area (Å²) in [5.41, 5.74) is 0. The van der Waals surface area contributed by atoms with Crippen molar-refractivity contribution in [3.05, 3.63) is 11.9 Å². The van der Waals surface area contributed by atoms with Gasteiger partial charge in [0.05, 0.1) is 5.82 Å². The SMILES string of the molecule is O=P(O)(O)C=C(F)F. The monoisotopic (exact) mass is 144 g/mol. The van der Waals surface area contributed by atoms with E-state index in [-0.39, 0.29) is 0 Å². The first kappa shape index (κ1) is 7.75. The van der Waals surface area contributed by atoms with Crippen LogP contribution in [-0.2, 0) is 4.57 Å². The maximum atomic E-state index is 10.9. The molecule has 0 aromatic rings. The maximum Gasteiger partial charge on any atom is 0.354 e. The van der Waals surface area contributed by atoms with E-state index in [0.29, 0.717) is 0 Å². The molecule has 0 fully saturated rings. The van der Waals surface area contributed by atoms with Crippen LogP contribution in [-0.4, -0.2) is 9.79 Å². The molecule has 0 aromatic carbocycles. The van der Waals surface area contributed by atoms with Gasteiger partial charge in [0.15, 0.2) is 0 Å². The Hall–Kier alpha value is -0.250. The summed E-state index contributed by atoms with van der Waals surface area (Å²) in [7, 11) is -4.63. The lowest BCUT2D eigenvalue weighted by atomic mass is 11.1. The molecule has 6 heteroatoms. The Balaban J connectivity index is 4.11. The van der Waals surface area contributed by atoms with Crippen molar-refractivity contribution in [1.29, 1.82) is 0 Å². The number of hydrogen-bond donors (Lipinski definition) is 2. The normalized spacial score (nSPS) is 11.0. The highest BCUT2D eigenvalue weighted by molar-refractivity contribution is 7.55. The highest BCUT2D eigenvalue weighted by Crippen LogP contribution is 2.37. The molecule has 0 saturated heterocycles. The summed E-state index contributed by atoms with van der Waals surface area (Å²) in [5, 5.41) is 0. The van der Waals surface area contributed by atoms with Crippen molar-refractivity contribution in [2.24, 2.45) is 0 Å². The predicted molar refractivity (Wildman–Crippen MR) is 22.3 cm³/mol. The Kier molecular flexibility index (Phi) is 2.27. The van der Waals surface area contributed by atoms with E-state index in [0.717, 1.165) is 0 Å². The average molecular weight is 144 g/mol. The van der Waals surface area contributed by atoms with Crippen molar-refractivity contribution < 1.29 is 23.1 Å². The van der Waals surface area contributed by atoms with E-state index in [1.807, 2.05) is 0 Å². The van der Waals surface area contributed by atoms with Crippen molar-refractivity contribution in [1.82, 2.24) is 0 Å². The molecule has 3 nitrogen and oxygen atoms in total. The minimum absolute atomic E-state index is 0.396. The van der Waals surface area contributed by atoms with Crippen LogP contribution in [0.15, 0.2) is 11.9 Å². The number of hydrogen-bond acceptors (Lipinski definition) is 1. The standard InChI is InChI=1S/C2H3F2O3P/c3-2(4)1-8(5,6)7/h1H,(H2,5,6,7). The molecule has 0 amide bonds. The Morgan fingerprint density at radius 1 is 1.50 bits per heavy atom. The predicted octanol–water partition coefficient (Wildman–Crippen LogP) is 0.902. The summed E-state index contributed by atoms with van der Waals surface area (Å²) in [4.78, 5) is 15.5. The Morgan fingerprint density at radius 3 is 1.88 bits per heavy atom. The largest absolute Gasteiger partial charge is 0.354 e. The van der Waals surface area contributed by atoms with Crippen molar-refractivity contribution in [3.8, 4) is 0 Å². The quantitative estimate of drug-likeness (QED) is 0.537. The minimum atomic E-state index is -4.63. The van der Waals surface area contributed by atoms with Crippen LogP contribution in [0.25, 0.3) is 0 Å². The second kappa shape index (κ2) is 2.35. The molecular formula is C2H3F2O3P. The highest BCUT2D eigenvalue weighted by Gasteiger charge is 2.09. The van der Waals surface area contributed by atoms with Gasteiger partial charge >= 0.3 is 7.60 Å². The van der Waals surface area contributed by atoms with Gasteiger partial charge in [-0.1, -0.05) is 0 Å². The lowest BCUT2D eigenvalue weighted by Gasteiger charge is -1.89. The fourth-order valence-corrected chi connectivity index (χ4v) is 0.381. The first-order chi connectivity index (χ1) is 3.42. The number of halogens is 2. The molecule has 8 heavy (non-hydrogen) atoms. The van der Waals surface area contributed by atoms with Gasteiger partial charge in [-0.3, -0.25) is 4.57 Å². The Bertz CT molecular complexity index is 143. The lowest BCUT2D eigenvalue weighted by Crippen LogP contribution is -1.68. The lowest BCUT2D eigenvalue weighted by molar-refractivity contribution is 0.376. The van der Waals surface area contributed by atoms with Crippen LogP contribution in [0.1, 0.15) is 0 Å². The summed E-state index contributed by atoms with van der Waals surface area (Å²) in [6, 6.07) is 0. The van der Waals surface area contributed by atoms with Gasteiger partial charge in [0, 0.05) is 0 Å². The Labute approximate surface area is 43.8 Å². The van der Waals surface area contributed by atoms with Crippen molar-refractivity contribution in [3.63, 3.8) is 0 Å². The second-order valence-electron chi connectivity index (χ2n) is 1.01. The molecule has 0 radical (unpaired) electrons. The maximum absolute atomic E-state index is 10.9. The number of rotatable bonds is 1. The molecule has 2 N–H and O–H groups in total. The fraction of sp³-hybridized carbons (Fsp3) is 0. The molecule has 0 bridgehead atoms. The molecule has 0 rings (SSSR count). The van der Waals surface area contributed by atoms with Crippen LogP contribution in [0.3, 0.4) is 0 Å². The molecule has 0 aliphatic carbocycles. The average Bonchev–Trinajstić information content (AvgIpc) is 1.21. The van der Waals surface area contributed by atoms with Gasteiger partial charge in [0.25, 0.3) is 6.08 Å². The van der Waals surface area contributed by atoms with Crippen LogP contribution in [0.4, 0.5) is 8.78 Å². The zero-order valence-electron chi connectivity index (χ0n) is 3.58. The van der Waals surface area contributed by atoms with Crippen LogP contribution in [0.2, 0.25) is 0 Å². The zero-order chi connectivity index (χ0) is 6.78. The van der Waals surface area contributed by atoms with E-state index in [2.05, 4.69) is 0 Å². The molecule has 0 unspecified atom stereocenters. The summed E-state index contributed by atoms with van der Waals surface area (Å²) < 4.78 is 31.4.